The average molecular weight is 161 g/mol. The fraction of sp³-hybridized carbons (Fsp3) is 0.143. The van der Waals surface area contributed by atoms with Gasteiger partial charge in [0.05, 0.1) is 0 Å². The van der Waals surface area contributed by atoms with Crippen LogP contribution in [0.5, 0.6) is 0 Å². The zero-order valence-electron chi connectivity index (χ0n) is 7.39. The zero-order valence-corrected chi connectivity index (χ0v) is 13.4. The summed E-state index contributed by atoms with van der Waals surface area (Å²) in [6.07, 6.45) is 0. The first-order valence-electron chi connectivity index (χ1n) is 2.41. The van der Waals surface area contributed by atoms with Crippen LogP contribution in [0.1, 0.15) is 5.56 Å². The Hall–Kier alpha value is 2.22. The van der Waals surface area contributed by atoms with Gasteiger partial charge in [0.2, 0.25) is 0 Å². The molecule has 0 aliphatic heterocycles. The van der Waals surface area contributed by atoms with Crippen LogP contribution in [0.2, 0.25) is 0 Å². The maximum absolute atomic E-state index is 2.08. The maximum Gasteiger partial charge on any atom is 1.00 e. The Bertz CT molecular complexity index is 139. The second-order valence-corrected chi connectivity index (χ2v) is 1.65. The van der Waals surface area contributed by atoms with E-state index in [4.69, 9.17) is 0 Å². The molecule has 0 aromatic heterocycles. The van der Waals surface area contributed by atoms with Crippen LogP contribution in [0, 0.1) is 6.92 Å². The van der Waals surface area contributed by atoms with Crippen molar-refractivity contribution in [2.45, 2.75) is 6.92 Å². The summed E-state index contributed by atoms with van der Waals surface area (Å²) in [6.45, 7) is 2.08. The van der Waals surface area contributed by atoms with Gasteiger partial charge in [0, 0.05) is 0 Å². The van der Waals surface area contributed by atoms with E-state index in [1.807, 2.05) is 18.2 Å². The zero-order chi connectivity index (χ0) is 5.11. The van der Waals surface area contributed by atoms with Crippen molar-refractivity contribution in [1.29, 1.82) is 0 Å². The van der Waals surface area contributed by atoms with Gasteiger partial charge in [-0.1, -0.05) is 35.9 Å². The molecule has 1 rings (SSSR count). The van der Waals surface area contributed by atoms with Crippen molar-refractivity contribution in [3.63, 3.8) is 0 Å². The molecule has 1 aromatic rings. The molecule has 0 heterocycles. The van der Waals surface area contributed by atoms with Gasteiger partial charge in [-0.3, -0.25) is 0 Å². The molecule has 0 saturated heterocycles. The van der Waals surface area contributed by atoms with Crippen molar-refractivity contribution >= 4 is 0 Å². The second kappa shape index (κ2) is 11.2. The maximum atomic E-state index is 2.08. The predicted molar refractivity (Wildman–Crippen MR) is 31.2 cm³/mol. The van der Waals surface area contributed by atoms with Crippen molar-refractivity contribution in [2.75, 3.05) is 0 Å². The van der Waals surface area contributed by atoms with Gasteiger partial charge in [0.15, 0.2) is 0 Å². The van der Waals surface area contributed by atoms with Crippen LogP contribution in [0.15, 0.2) is 30.3 Å². The van der Waals surface area contributed by atoms with Crippen molar-refractivity contribution in [3.05, 3.63) is 35.9 Å². The van der Waals surface area contributed by atoms with E-state index in [9.17, 15) is 0 Å². The Morgan fingerprint density at radius 3 is 1.40 bits per heavy atom. The molecule has 1 aromatic carbocycles. The molecule has 0 atom stereocenters. The van der Waals surface area contributed by atoms with Gasteiger partial charge in [-0.2, -0.15) is 0 Å². The van der Waals surface area contributed by atoms with E-state index >= 15 is 0 Å². The van der Waals surface area contributed by atoms with E-state index in [0.717, 1.165) is 0 Å². The third-order valence-corrected chi connectivity index (χ3v) is 0.940. The first-order valence-corrected chi connectivity index (χ1v) is 2.41. The molecule has 0 fully saturated rings. The van der Waals surface area contributed by atoms with Crippen molar-refractivity contribution in [1.82, 2.24) is 0 Å². The fourth-order valence-electron chi connectivity index (χ4n) is 0.534. The Morgan fingerprint density at radius 2 is 1.20 bits per heavy atom. The minimum atomic E-state index is 0. The first-order chi connectivity index (χ1) is 3.39. The van der Waals surface area contributed by atoms with Gasteiger partial charge in [-0.25, -0.2) is 0 Å². The van der Waals surface area contributed by atoms with Crippen molar-refractivity contribution in [2.24, 2.45) is 0 Å². The van der Waals surface area contributed by atoms with Gasteiger partial charge < -0.3 is 0 Å². The smallest absolute Gasteiger partial charge is 0.0622 e. The molecule has 0 aliphatic rings. The third-order valence-electron chi connectivity index (χ3n) is 0.940. The Kier molecular flexibility index (Phi) is 20.3. The summed E-state index contributed by atoms with van der Waals surface area (Å²) >= 11 is 0. The Balaban J connectivity index is -0.000000163. The summed E-state index contributed by atoms with van der Waals surface area (Å²) in [5.74, 6) is 0. The standard InChI is InChI=1S/C7H8.3Na/c1-7-5-3-2-4-6-7;;;/h2-6H,1H3;;;/q;3*+1. The number of rotatable bonds is 0. The van der Waals surface area contributed by atoms with E-state index < -0.39 is 0 Å². The van der Waals surface area contributed by atoms with Crippen LogP contribution in [-0.4, -0.2) is 0 Å². The summed E-state index contributed by atoms with van der Waals surface area (Å²) < 4.78 is 0. The Morgan fingerprint density at radius 1 is 0.800 bits per heavy atom. The minimum absolute atomic E-state index is 0. The molecule has 36 valence electrons. The minimum Gasteiger partial charge on any atom is -0.0622 e. The van der Waals surface area contributed by atoms with Crippen LogP contribution >= 0.6 is 0 Å². The molecular formula is C7H8Na3+3. The first kappa shape index (κ1) is 18.1. The largest absolute Gasteiger partial charge is 1.00 e. The van der Waals surface area contributed by atoms with E-state index in [1.54, 1.807) is 0 Å². The molecule has 0 bridgehead atoms. The average Bonchev–Trinajstić information content (AvgIpc) is 1.69. The van der Waals surface area contributed by atoms with Gasteiger partial charge in [-0.05, 0) is 6.92 Å². The van der Waals surface area contributed by atoms with Crippen LogP contribution in [-0.2, 0) is 0 Å². The molecule has 10 heavy (non-hydrogen) atoms. The summed E-state index contributed by atoms with van der Waals surface area (Å²) in [4.78, 5) is 0. The summed E-state index contributed by atoms with van der Waals surface area (Å²) in [5, 5.41) is 0. The molecular weight excluding hydrogens is 153 g/mol. The fourth-order valence-corrected chi connectivity index (χ4v) is 0.534. The van der Waals surface area contributed by atoms with Crippen LogP contribution in [0.25, 0.3) is 0 Å². The van der Waals surface area contributed by atoms with E-state index in [0.29, 0.717) is 0 Å². The number of hydrogen-bond acceptors (Lipinski definition) is 0. The molecule has 0 nitrogen and oxygen atoms in total. The second-order valence-electron chi connectivity index (χ2n) is 1.65. The van der Waals surface area contributed by atoms with Crippen LogP contribution in [0.4, 0.5) is 0 Å². The summed E-state index contributed by atoms with van der Waals surface area (Å²) in [7, 11) is 0. The third kappa shape index (κ3) is 8.32. The number of benzene rings is 1. The predicted octanol–water partition coefficient (Wildman–Crippen LogP) is -6.99. The van der Waals surface area contributed by atoms with E-state index in [-0.39, 0.29) is 88.7 Å². The molecule has 0 saturated carbocycles. The van der Waals surface area contributed by atoms with Crippen molar-refractivity contribution < 1.29 is 88.7 Å². The summed E-state index contributed by atoms with van der Waals surface area (Å²) in [5.41, 5.74) is 1.32. The molecule has 0 unspecified atom stereocenters. The van der Waals surface area contributed by atoms with Crippen LogP contribution in [0.3, 0.4) is 0 Å². The SMILES string of the molecule is Cc1ccccc1.[Na+].[Na+].[Na+]. The topological polar surface area (TPSA) is 0 Å². The number of hydrogen-bond donors (Lipinski definition) is 0. The normalized spacial score (nSPS) is 6.10. The van der Waals surface area contributed by atoms with Crippen LogP contribution < -0.4 is 88.7 Å². The van der Waals surface area contributed by atoms with Gasteiger partial charge in [0.25, 0.3) is 0 Å². The number of aryl methyl sites for hydroxylation is 1. The quantitative estimate of drug-likeness (QED) is 0.332. The van der Waals surface area contributed by atoms with Gasteiger partial charge in [0.1, 0.15) is 0 Å². The summed E-state index contributed by atoms with van der Waals surface area (Å²) in [6, 6.07) is 10.3. The van der Waals surface area contributed by atoms with Gasteiger partial charge in [-0.15, -0.1) is 0 Å². The molecule has 0 radical (unpaired) electrons. The molecule has 0 aliphatic carbocycles. The monoisotopic (exact) mass is 161 g/mol. The molecule has 0 N–H and O–H groups in total. The Labute approximate surface area is 129 Å². The van der Waals surface area contributed by atoms with Gasteiger partial charge >= 0.3 is 88.7 Å². The molecule has 0 spiro atoms. The van der Waals surface area contributed by atoms with E-state index in [2.05, 4.69) is 19.1 Å². The van der Waals surface area contributed by atoms with E-state index in [1.165, 1.54) is 5.56 Å². The molecule has 0 amide bonds. The van der Waals surface area contributed by atoms with Crippen molar-refractivity contribution in [3.8, 4) is 0 Å². The molecule has 3 heteroatoms.